The van der Waals surface area contributed by atoms with Gasteiger partial charge in [0.1, 0.15) is 0 Å². The second-order valence-electron chi connectivity index (χ2n) is 5.30. The highest BCUT2D eigenvalue weighted by molar-refractivity contribution is 5.97. The Labute approximate surface area is 112 Å². The molecule has 0 saturated carbocycles. The molecule has 0 N–H and O–H groups in total. The molecular formula is C18H13N. The number of nitrogens with zero attached hydrogens (tertiary/aromatic N) is 1. The summed E-state index contributed by atoms with van der Waals surface area (Å²) in [4.78, 5) is 0. The maximum Gasteiger partial charge on any atom is 0.0956 e. The van der Waals surface area contributed by atoms with E-state index in [2.05, 4.69) is 60.7 Å². The second-order valence-corrected chi connectivity index (χ2v) is 5.30. The van der Waals surface area contributed by atoms with Gasteiger partial charge in [-0.15, -0.1) is 0 Å². The summed E-state index contributed by atoms with van der Waals surface area (Å²) in [6.45, 7) is 0. The van der Waals surface area contributed by atoms with Crippen LogP contribution in [0.1, 0.15) is 12.0 Å². The van der Waals surface area contributed by atoms with Crippen LogP contribution in [0, 0.1) is 23.2 Å². The standard InChI is InChI=1S/C18H13N/c19-11-17-13-8-9-14(10-13)18(17)16-7-3-5-12-4-1-2-6-15(12)16/h1-9,13-14H,10H2. The van der Waals surface area contributed by atoms with Crippen molar-refractivity contribution in [3.8, 4) is 6.07 Å². The first-order valence-electron chi connectivity index (χ1n) is 6.69. The third kappa shape index (κ3) is 1.40. The van der Waals surface area contributed by atoms with E-state index in [1.807, 2.05) is 0 Å². The monoisotopic (exact) mass is 243 g/mol. The molecule has 2 unspecified atom stereocenters. The number of hydrogen-bond donors (Lipinski definition) is 0. The number of benzene rings is 2. The van der Waals surface area contributed by atoms with Gasteiger partial charge in [0.15, 0.2) is 0 Å². The highest BCUT2D eigenvalue weighted by Crippen LogP contribution is 2.49. The zero-order chi connectivity index (χ0) is 12.8. The maximum absolute atomic E-state index is 9.45. The van der Waals surface area contributed by atoms with Crippen LogP contribution in [0.4, 0.5) is 0 Å². The predicted molar refractivity (Wildman–Crippen MR) is 77.2 cm³/mol. The van der Waals surface area contributed by atoms with Gasteiger partial charge in [-0.25, -0.2) is 0 Å². The number of nitriles is 1. The molecule has 2 aromatic rings. The summed E-state index contributed by atoms with van der Waals surface area (Å²) in [5.74, 6) is 0.787. The summed E-state index contributed by atoms with van der Waals surface area (Å²) in [5, 5.41) is 12.0. The maximum atomic E-state index is 9.45. The molecule has 2 aliphatic carbocycles. The number of rotatable bonds is 1. The highest BCUT2D eigenvalue weighted by Gasteiger charge is 2.36. The summed E-state index contributed by atoms with van der Waals surface area (Å²) in [6.07, 6.45) is 5.54. The van der Waals surface area contributed by atoms with Crippen LogP contribution in [-0.4, -0.2) is 0 Å². The van der Waals surface area contributed by atoms with Gasteiger partial charge in [0.2, 0.25) is 0 Å². The van der Waals surface area contributed by atoms with Crippen molar-refractivity contribution in [1.29, 1.82) is 5.26 Å². The second kappa shape index (κ2) is 3.83. The SMILES string of the molecule is N#CC1=C(c2cccc3ccccc23)C2C=CC1C2. The molecule has 0 aromatic heterocycles. The fourth-order valence-corrected chi connectivity index (χ4v) is 3.47. The lowest BCUT2D eigenvalue weighted by Crippen LogP contribution is -1.98. The fourth-order valence-electron chi connectivity index (χ4n) is 3.47. The lowest BCUT2D eigenvalue weighted by molar-refractivity contribution is 0.727. The molecule has 4 rings (SSSR count). The molecule has 0 fully saturated rings. The van der Waals surface area contributed by atoms with Crippen LogP contribution in [0.3, 0.4) is 0 Å². The van der Waals surface area contributed by atoms with Gasteiger partial charge < -0.3 is 0 Å². The minimum absolute atomic E-state index is 0.351. The van der Waals surface area contributed by atoms with Crippen molar-refractivity contribution in [3.05, 3.63) is 65.8 Å². The van der Waals surface area contributed by atoms with Crippen LogP contribution in [0.25, 0.3) is 16.3 Å². The molecule has 19 heavy (non-hydrogen) atoms. The summed E-state index contributed by atoms with van der Waals surface area (Å²) >= 11 is 0. The van der Waals surface area contributed by atoms with Gasteiger partial charge in [0.25, 0.3) is 0 Å². The molecule has 1 heteroatoms. The van der Waals surface area contributed by atoms with Gasteiger partial charge in [-0.05, 0) is 28.3 Å². The smallest absolute Gasteiger partial charge is 0.0956 e. The molecule has 1 nitrogen and oxygen atoms in total. The Morgan fingerprint density at radius 3 is 2.63 bits per heavy atom. The van der Waals surface area contributed by atoms with Crippen molar-refractivity contribution in [1.82, 2.24) is 0 Å². The van der Waals surface area contributed by atoms with E-state index in [1.165, 1.54) is 21.9 Å². The Kier molecular flexibility index (Phi) is 2.13. The zero-order valence-corrected chi connectivity index (χ0v) is 10.5. The van der Waals surface area contributed by atoms with E-state index in [0.717, 1.165) is 12.0 Å². The van der Waals surface area contributed by atoms with E-state index in [1.54, 1.807) is 0 Å². The molecule has 2 aromatic carbocycles. The lowest BCUT2D eigenvalue weighted by atomic mass is 9.88. The predicted octanol–water partition coefficient (Wildman–Crippen LogP) is 4.32. The molecule has 2 bridgehead atoms. The minimum Gasteiger partial charge on any atom is -0.193 e. The van der Waals surface area contributed by atoms with Crippen molar-refractivity contribution < 1.29 is 0 Å². The first-order valence-corrected chi connectivity index (χ1v) is 6.69. The van der Waals surface area contributed by atoms with Crippen molar-refractivity contribution in [2.24, 2.45) is 11.8 Å². The first kappa shape index (κ1) is 10.6. The molecule has 0 spiro atoms. The third-order valence-corrected chi connectivity index (χ3v) is 4.32. The molecule has 0 aliphatic heterocycles. The summed E-state index contributed by atoms with van der Waals surface area (Å²) in [5.41, 5.74) is 3.47. The van der Waals surface area contributed by atoms with Crippen LogP contribution in [0.15, 0.2) is 60.2 Å². The molecule has 0 amide bonds. The van der Waals surface area contributed by atoms with E-state index in [0.29, 0.717) is 11.8 Å². The molecule has 90 valence electrons. The quantitative estimate of drug-likeness (QED) is 0.684. The van der Waals surface area contributed by atoms with E-state index in [4.69, 9.17) is 0 Å². The van der Waals surface area contributed by atoms with Crippen molar-refractivity contribution in [2.75, 3.05) is 0 Å². The van der Waals surface area contributed by atoms with Gasteiger partial charge in [0, 0.05) is 17.4 Å². The zero-order valence-electron chi connectivity index (χ0n) is 10.5. The van der Waals surface area contributed by atoms with Crippen LogP contribution >= 0.6 is 0 Å². The van der Waals surface area contributed by atoms with E-state index in [9.17, 15) is 5.26 Å². The normalized spacial score (nSPS) is 24.2. The number of fused-ring (bicyclic) bond motifs is 3. The average molecular weight is 243 g/mol. The summed E-state index contributed by atoms with van der Waals surface area (Å²) in [7, 11) is 0. The van der Waals surface area contributed by atoms with Crippen LogP contribution in [-0.2, 0) is 0 Å². The Hall–Kier alpha value is -2.33. The third-order valence-electron chi connectivity index (χ3n) is 4.32. The molecular weight excluding hydrogens is 230 g/mol. The average Bonchev–Trinajstić information content (AvgIpc) is 3.07. The van der Waals surface area contributed by atoms with Gasteiger partial charge in [0.05, 0.1) is 6.07 Å². The molecule has 2 atom stereocenters. The summed E-state index contributed by atoms with van der Waals surface area (Å²) in [6, 6.07) is 17.2. The minimum atomic E-state index is 0.351. The number of allylic oxidation sites excluding steroid dienone is 4. The Bertz CT molecular complexity index is 768. The van der Waals surface area contributed by atoms with E-state index < -0.39 is 0 Å². The first-order chi connectivity index (χ1) is 9.38. The van der Waals surface area contributed by atoms with Crippen LogP contribution in [0.5, 0.6) is 0 Å². The summed E-state index contributed by atoms with van der Waals surface area (Å²) < 4.78 is 0. The van der Waals surface area contributed by atoms with Gasteiger partial charge in [-0.2, -0.15) is 5.26 Å². The molecule has 0 saturated heterocycles. The fraction of sp³-hybridized carbons (Fsp3) is 0.167. The van der Waals surface area contributed by atoms with Gasteiger partial charge in [-0.3, -0.25) is 0 Å². The molecule has 2 aliphatic rings. The Morgan fingerprint density at radius 1 is 0.947 bits per heavy atom. The highest BCUT2D eigenvalue weighted by atomic mass is 14.4. The van der Waals surface area contributed by atoms with Crippen molar-refractivity contribution >= 4 is 16.3 Å². The number of hydrogen-bond acceptors (Lipinski definition) is 1. The van der Waals surface area contributed by atoms with Crippen molar-refractivity contribution in [3.63, 3.8) is 0 Å². The van der Waals surface area contributed by atoms with E-state index >= 15 is 0 Å². The molecule has 0 radical (unpaired) electrons. The van der Waals surface area contributed by atoms with Gasteiger partial charge >= 0.3 is 0 Å². The lowest BCUT2D eigenvalue weighted by Gasteiger charge is -2.14. The van der Waals surface area contributed by atoms with Crippen LogP contribution in [0.2, 0.25) is 0 Å². The molecule has 0 heterocycles. The topological polar surface area (TPSA) is 23.8 Å². The van der Waals surface area contributed by atoms with Crippen LogP contribution < -0.4 is 0 Å². The largest absolute Gasteiger partial charge is 0.193 e. The Balaban J connectivity index is 2.02. The Morgan fingerprint density at radius 2 is 1.74 bits per heavy atom. The van der Waals surface area contributed by atoms with Crippen molar-refractivity contribution in [2.45, 2.75) is 6.42 Å². The van der Waals surface area contributed by atoms with Gasteiger partial charge in [-0.1, -0.05) is 54.6 Å². The van der Waals surface area contributed by atoms with E-state index in [-0.39, 0.29) is 0 Å².